The molecule has 0 aliphatic heterocycles. The second-order valence-corrected chi connectivity index (χ2v) is 7.10. The van der Waals surface area contributed by atoms with E-state index in [1.54, 1.807) is 0 Å². The van der Waals surface area contributed by atoms with Crippen LogP contribution in [-0.2, 0) is 0 Å². The molecule has 16 heavy (non-hydrogen) atoms. The highest BCUT2D eigenvalue weighted by atomic mass is 14.9. The van der Waals surface area contributed by atoms with Gasteiger partial charge in [0.25, 0.3) is 0 Å². The van der Waals surface area contributed by atoms with Crippen molar-refractivity contribution in [3.8, 4) is 0 Å². The lowest BCUT2D eigenvalue weighted by atomic mass is 9.75. The first-order chi connectivity index (χ1) is 7.37. The Hall–Kier alpha value is -0.0400. The van der Waals surface area contributed by atoms with E-state index in [0.717, 1.165) is 17.8 Å². The van der Waals surface area contributed by atoms with E-state index in [1.807, 2.05) is 0 Å². The van der Waals surface area contributed by atoms with E-state index in [-0.39, 0.29) is 5.54 Å². The maximum Gasteiger partial charge on any atom is 0.00965 e. The summed E-state index contributed by atoms with van der Waals surface area (Å²) >= 11 is 0. The molecule has 2 atom stereocenters. The molecule has 1 aliphatic carbocycles. The summed E-state index contributed by atoms with van der Waals surface area (Å²) in [7, 11) is 0. The second kappa shape index (κ2) is 6.05. The van der Waals surface area contributed by atoms with Crippen LogP contribution in [0.5, 0.6) is 0 Å². The number of nitrogens with one attached hydrogen (secondary N) is 1. The highest BCUT2D eigenvalue weighted by Gasteiger charge is 2.23. The zero-order chi connectivity index (χ0) is 12.2. The SMILES string of the molecule is CC1CC(C)CC(CCCNC(C)(C)C)C1. The van der Waals surface area contributed by atoms with Gasteiger partial charge in [-0.25, -0.2) is 0 Å². The average Bonchev–Trinajstić information content (AvgIpc) is 2.09. The molecule has 0 bridgehead atoms. The molecule has 1 saturated carbocycles. The Balaban J connectivity index is 2.13. The van der Waals surface area contributed by atoms with E-state index in [4.69, 9.17) is 0 Å². The molecule has 1 heteroatoms. The first kappa shape index (κ1) is 14.0. The summed E-state index contributed by atoms with van der Waals surface area (Å²) < 4.78 is 0. The maximum absolute atomic E-state index is 3.58. The lowest BCUT2D eigenvalue weighted by Crippen LogP contribution is -2.36. The predicted molar refractivity (Wildman–Crippen MR) is 72.7 cm³/mol. The fourth-order valence-corrected chi connectivity index (χ4v) is 3.20. The van der Waals surface area contributed by atoms with Crippen molar-refractivity contribution in [3.63, 3.8) is 0 Å². The largest absolute Gasteiger partial charge is 0.312 e. The minimum absolute atomic E-state index is 0.285. The molecule has 0 aromatic carbocycles. The van der Waals surface area contributed by atoms with Crippen LogP contribution >= 0.6 is 0 Å². The van der Waals surface area contributed by atoms with Gasteiger partial charge in [0.15, 0.2) is 0 Å². The van der Waals surface area contributed by atoms with Gasteiger partial charge in [0.2, 0.25) is 0 Å². The molecule has 1 rings (SSSR count). The molecule has 0 aromatic rings. The number of hydrogen-bond acceptors (Lipinski definition) is 1. The summed E-state index contributed by atoms with van der Waals surface area (Å²) in [4.78, 5) is 0. The first-order valence-electron chi connectivity index (χ1n) is 7.12. The lowest BCUT2D eigenvalue weighted by Gasteiger charge is -2.31. The van der Waals surface area contributed by atoms with Crippen molar-refractivity contribution < 1.29 is 0 Å². The van der Waals surface area contributed by atoms with Crippen molar-refractivity contribution in [2.24, 2.45) is 17.8 Å². The molecular formula is C15H31N. The van der Waals surface area contributed by atoms with Gasteiger partial charge in [-0.15, -0.1) is 0 Å². The van der Waals surface area contributed by atoms with E-state index in [1.165, 1.54) is 38.6 Å². The Morgan fingerprint density at radius 1 is 1.00 bits per heavy atom. The monoisotopic (exact) mass is 225 g/mol. The van der Waals surface area contributed by atoms with Gasteiger partial charge < -0.3 is 5.32 Å². The van der Waals surface area contributed by atoms with Crippen LogP contribution < -0.4 is 5.32 Å². The summed E-state index contributed by atoms with van der Waals surface area (Å²) in [5.41, 5.74) is 0.285. The summed E-state index contributed by atoms with van der Waals surface area (Å²) in [5, 5.41) is 3.58. The Morgan fingerprint density at radius 3 is 2.06 bits per heavy atom. The minimum atomic E-state index is 0.285. The summed E-state index contributed by atoms with van der Waals surface area (Å²) in [6.45, 7) is 12.8. The molecule has 0 heterocycles. The summed E-state index contributed by atoms with van der Waals surface area (Å²) in [6.07, 6.45) is 7.18. The minimum Gasteiger partial charge on any atom is -0.312 e. The fourth-order valence-electron chi connectivity index (χ4n) is 3.20. The van der Waals surface area contributed by atoms with Crippen molar-refractivity contribution in [2.45, 2.75) is 72.3 Å². The average molecular weight is 225 g/mol. The molecule has 0 saturated heterocycles. The zero-order valence-electron chi connectivity index (χ0n) is 12.0. The Labute approximate surface area is 102 Å². The van der Waals surface area contributed by atoms with E-state index in [2.05, 4.69) is 39.9 Å². The molecule has 1 fully saturated rings. The van der Waals surface area contributed by atoms with Crippen LogP contribution in [0.15, 0.2) is 0 Å². The van der Waals surface area contributed by atoms with Crippen molar-refractivity contribution in [1.82, 2.24) is 5.32 Å². The highest BCUT2D eigenvalue weighted by Crippen LogP contribution is 2.35. The van der Waals surface area contributed by atoms with Crippen LogP contribution in [-0.4, -0.2) is 12.1 Å². The zero-order valence-corrected chi connectivity index (χ0v) is 12.0. The second-order valence-electron chi connectivity index (χ2n) is 7.10. The van der Waals surface area contributed by atoms with Gasteiger partial charge in [-0.05, 0) is 77.2 Å². The molecular weight excluding hydrogens is 194 g/mol. The van der Waals surface area contributed by atoms with Crippen molar-refractivity contribution in [3.05, 3.63) is 0 Å². The summed E-state index contributed by atoms with van der Waals surface area (Å²) in [5.74, 6) is 2.93. The van der Waals surface area contributed by atoms with Crippen molar-refractivity contribution in [2.75, 3.05) is 6.54 Å². The van der Waals surface area contributed by atoms with E-state index in [0.29, 0.717) is 0 Å². The van der Waals surface area contributed by atoms with Gasteiger partial charge in [0.05, 0.1) is 0 Å². The standard InChI is InChI=1S/C15H31N/c1-12-9-13(2)11-14(10-12)7-6-8-16-15(3,4)5/h12-14,16H,6-11H2,1-5H3. The van der Waals surface area contributed by atoms with Gasteiger partial charge in [0, 0.05) is 5.54 Å². The normalized spacial score (nSPS) is 31.7. The quantitative estimate of drug-likeness (QED) is 0.706. The maximum atomic E-state index is 3.58. The van der Waals surface area contributed by atoms with Crippen LogP contribution in [0.2, 0.25) is 0 Å². The Bertz CT molecular complexity index is 182. The van der Waals surface area contributed by atoms with Crippen LogP contribution in [0.4, 0.5) is 0 Å². The van der Waals surface area contributed by atoms with Gasteiger partial charge in [-0.2, -0.15) is 0 Å². The predicted octanol–water partition coefficient (Wildman–Crippen LogP) is 4.23. The third-order valence-corrected chi connectivity index (χ3v) is 3.72. The molecule has 0 amide bonds. The van der Waals surface area contributed by atoms with Gasteiger partial charge in [0.1, 0.15) is 0 Å². The first-order valence-corrected chi connectivity index (χ1v) is 7.12. The third-order valence-electron chi connectivity index (χ3n) is 3.72. The third kappa shape index (κ3) is 5.89. The van der Waals surface area contributed by atoms with Crippen molar-refractivity contribution >= 4 is 0 Å². The molecule has 1 N–H and O–H groups in total. The number of hydrogen-bond donors (Lipinski definition) is 1. The van der Waals surface area contributed by atoms with E-state index < -0.39 is 0 Å². The number of rotatable bonds is 4. The van der Waals surface area contributed by atoms with Crippen LogP contribution in [0, 0.1) is 17.8 Å². The molecule has 2 unspecified atom stereocenters. The summed E-state index contributed by atoms with van der Waals surface area (Å²) in [6, 6.07) is 0. The van der Waals surface area contributed by atoms with Gasteiger partial charge >= 0.3 is 0 Å². The van der Waals surface area contributed by atoms with E-state index >= 15 is 0 Å². The molecule has 0 spiro atoms. The molecule has 1 nitrogen and oxygen atoms in total. The molecule has 1 aliphatic rings. The van der Waals surface area contributed by atoms with Crippen LogP contribution in [0.25, 0.3) is 0 Å². The molecule has 0 aromatic heterocycles. The van der Waals surface area contributed by atoms with E-state index in [9.17, 15) is 0 Å². The van der Waals surface area contributed by atoms with Gasteiger partial charge in [-0.3, -0.25) is 0 Å². The smallest absolute Gasteiger partial charge is 0.00965 e. The Morgan fingerprint density at radius 2 is 1.56 bits per heavy atom. The Kier molecular flexibility index (Phi) is 5.30. The lowest BCUT2D eigenvalue weighted by molar-refractivity contribution is 0.206. The fraction of sp³-hybridized carbons (Fsp3) is 1.00. The molecule has 96 valence electrons. The van der Waals surface area contributed by atoms with Crippen molar-refractivity contribution in [1.29, 1.82) is 0 Å². The van der Waals surface area contributed by atoms with Crippen LogP contribution in [0.3, 0.4) is 0 Å². The highest BCUT2D eigenvalue weighted by molar-refractivity contribution is 4.76. The van der Waals surface area contributed by atoms with Gasteiger partial charge in [-0.1, -0.05) is 13.8 Å². The topological polar surface area (TPSA) is 12.0 Å². The molecule has 0 radical (unpaired) electrons. The van der Waals surface area contributed by atoms with Crippen LogP contribution in [0.1, 0.15) is 66.7 Å².